The molecule has 1 aliphatic rings. The Labute approximate surface area is 218 Å². The summed E-state index contributed by atoms with van der Waals surface area (Å²) in [4.78, 5) is 39.6. The summed E-state index contributed by atoms with van der Waals surface area (Å²) in [5, 5.41) is 15.0. The van der Waals surface area contributed by atoms with Gasteiger partial charge in [-0.25, -0.2) is 4.79 Å². The van der Waals surface area contributed by atoms with Gasteiger partial charge in [-0.2, -0.15) is 0 Å². The highest BCUT2D eigenvalue weighted by Gasteiger charge is 2.20. The van der Waals surface area contributed by atoms with Crippen LogP contribution in [-0.4, -0.2) is 34.1 Å². The average molecular weight is 516 g/mol. The van der Waals surface area contributed by atoms with Gasteiger partial charge in [-0.05, 0) is 67.4 Å². The van der Waals surface area contributed by atoms with Crippen LogP contribution in [0.5, 0.6) is 5.75 Å². The zero-order valence-corrected chi connectivity index (χ0v) is 21.0. The molecule has 10 nitrogen and oxygen atoms in total. The monoisotopic (exact) mass is 515 g/mol. The summed E-state index contributed by atoms with van der Waals surface area (Å²) in [6.07, 6.45) is 5.56. The maximum Gasteiger partial charge on any atom is 0.331 e. The van der Waals surface area contributed by atoms with Crippen molar-refractivity contribution in [2.45, 2.75) is 44.8 Å². The number of nitrogens with zero attached hydrogens (tertiary/aromatic N) is 2. The Hall–Kier alpha value is -4.60. The number of ether oxygens (including phenoxy) is 1. The lowest BCUT2D eigenvalue weighted by Crippen LogP contribution is -2.42. The number of furan rings is 1. The highest BCUT2D eigenvalue weighted by molar-refractivity contribution is 5.98. The lowest BCUT2D eigenvalue weighted by Gasteiger charge is -2.17. The number of methoxy groups -OCH3 is 1. The number of fused-ring (bicyclic) bond motifs is 1. The van der Waals surface area contributed by atoms with Gasteiger partial charge in [-0.3, -0.25) is 24.1 Å². The van der Waals surface area contributed by atoms with E-state index in [1.165, 1.54) is 15.4 Å². The van der Waals surface area contributed by atoms with E-state index in [2.05, 4.69) is 10.6 Å². The molecule has 0 unspecified atom stereocenters. The van der Waals surface area contributed by atoms with Crippen LogP contribution < -0.4 is 26.5 Å². The van der Waals surface area contributed by atoms with Gasteiger partial charge in [0, 0.05) is 22.7 Å². The van der Waals surface area contributed by atoms with Crippen molar-refractivity contribution in [2.75, 3.05) is 12.4 Å². The van der Waals surface area contributed by atoms with Gasteiger partial charge < -0.3 is 19.8 Å². The van der Waals surface area contributed by atoms with Crippen molar-refractivity contribution in [3.8, 4) is 5.75 Å². The zero-order valence-electron chi connectivity index (χ0n) is 21.0. The SMILES string of the molecule is COc1ccc(NC(=O)Cn2c(=O)n(Cc3ccco3)c(=N)c3ccc(C(=O)NC4CCCC4)cc32)cc1. The van der Waals surface area contributed by atoms with E-state index in [9.17, 15) is 14.4 Å². The van der Waals surface area contributed by atoms with Crippen molar-refractivity contribution in [2.24, 2.45) is 0 Å². The summed E-state index contributed by atoms with van der Waals surface area (Å²) in [6, 6.07) is 15.3. The Morgan fingerprint density at radius 3 is 2.53 bits per heavy atom. The van der Waals surface area contributed by atoms with Gasteiger partial charge in [-0.15, -0.1) is 0 Å². The number of anilines is 1. The van der Waals surface area contributed by atoms with Gasteiger partial charge >= 0.3 is 5.69 Å². The van der Waals surface area contributed by atoms with Gasteiger partial charge in [0.05, 0.1) is 25.4 Å². The standard InChI is InChI=1S/C28H29N5O5/c1-37-21-11-9-20(10-12-21)30-25(34)17-32-24-15-18(27(35)31-19-5-2-3-6-19)8-13-23(24)26(29)33(28(32)36)16-22-7-4-14-38-22/h4,7-15,19,29H,2-3,5-6,16-17H2,1H3,(H,30,34)(H,31,35). The maximum atomic E-state index is 13.6. The van der Waals surface area contributed by atoms with Crippen LogP contribution in [0, 0.1) is 5.41 Å². The first kappa shape index (κ1) is 25.1. The van der Waals surface area contributed by atoms with Crippen molar-refractivity contribution in [3.63, 3.8) is 0 Å². The zero-order chi connectivity index (χ0) is 26.6. The fraction of sp³-hybridized carbons (Fsp3) is 0.286. The van der Waals surface area contributed by atoms with Crippen LogP contribution in [-0.2, 0) is 17.9 Å². The second kappa shape index (κ2) is 10.8. The molecule has 4 aromatic rings. The summed E-state index contributed by atoms with van der Waals surface area (Å²) in [5.74, 6) is 0.487. The molecule has 0 aliphatic heterocycles. The number of benzene rings is 2. The summed E-state index contributed by atoms with van der Waals surface area (Å²) < 4.78 is 13.1. The Morgan fingerprint density at radius 2 is 1.84 bits per heavy atom. The Balaban J connectivity index is 1.53. The molecule has 2 amide bonds. The summed E-state index contributed by atoms with van der Waals surface area (Å²) in [5.41, 5.74) is 0.661. The van der Waals surface area contributed by atoms with E-state index in [1.807, 2.05) is 0 Å². The number of hydrogen-bond donors (Lipinski definition) is 3. The van der Waals surface area contributed by atoms with E-state index in [-0.39, 0.29) is 30.5 Å². The normalized spacial score (nSPS) is 13.5. The molecule has 196 valence electrons. The van der Waals surface area contributed by atoms with E-state index in [0.717, 1.165) is 25.7 Å². The Bertz CT molecular complexity index is 1580. The van der Waals surface area contributed by atoms with Crippen LogP contribution in [0.4, 0.5) is 5.69 Å². The van der Waals surface area contributed by atoms with Crippen molar-refractivity contribution in [1.29, 1.82) is 5.41 Å². The molecular formula is C28H29N5O5. The third-order valence-electron chi connectivity index (χ3n) is 6.80. The van der Waals surface area contributed by atoms with E-state index in [4.69, 9.17) is 14.6 Å². The van der Waals surface area contributed by atoms with Gasteiger partial charge in [0.1, 0.15) is 23.5 Å². The van der Waals surface area contributed by atoms with Crippen LogP contribution in [0.2, 0.25) is 0 Å². The van der Waals surface area contributed by atoms with Gasteiger partial charge in [-0.1, -0.05) is 12.8 Å². The van der Waals surface area contributed by atoms with Gasteiger partial charge in [0.25, 0.3) is 5.91 Å². The molecular weight excluding hydrogens is 486 g/mol. The van der Waals surface area contributed by atoms with Crippen LogP contribution in [0.15, 0.2) is 70.1 Å². The number of carbonyl (C=O) groups excluding carboxylic acids is 2. The molecule has 0 spiro atoms. The van der Waals surface area contributed by atoms with Crippen LogP contribution in [0.25, 0.3) is 10.9 Å². The fourth-order valence-corrected chi connectivity index (χ4v) is 4.80. The molecule has 2 aromatic carbocycles. The van der Waals surface area contributed by atoms with E-state index < -0.39 is 11.6 Å². The molecule has 0 bridgehead atoms. The highest BCUT2D eigenvalue weighted by atomic mass is 16.5. The number of carbonyl (C=O) groups is 2. The summed E-state index contributed by atoms with van der Waals surface area (Å²) in [6.45, 7) is -0.280. The van der Waals surface area contributed by atoms with Crippen molar-refractivity contribution in [1.82, 2.24) is 14.5 Å². The lowest BCUT2D eigenvalue weighted by molar-refractivity contribution is -0.116. The highest BCUT2D eigenvalue weighted by Crippen LogP contribution is 2.19. The minimum Gasteiger partial charge on any atom is -0.497 e. The molecule has 2 aromatic heterocycles. The molecule has 1 saturated carbocycles. The molecule has 2 heterocycles. The topological polar surface area (TPSA) is 131 Å². The minimum absolute atomic E-state index is 0.0315. The predicted octanol–water partition coefficient (Wildman–Crippen LogP) is 3.24. The van der Waals surface area contributed by atoms with Gasteiger partial charge in [0.15, 0.2) is 0 Å². The molecule has 10 heteroatoms. The van der Waals surface area contributed by atoms with Crippen molar-refractivity contribution in [3.05, 3.63) is 88.2 Å². The second-order valence-corrected chi connectivity index (χ2v) is 9.35. The molecule has 1 fully saturated rings. The van der Waals surface area contributed by atoms with Crippen molar-refractivity contribution < 1.29 is 18.7 Å². The largest absolute Gasteiger partial charge is 0.497 e. The van der Waals surface area contributed by atoms with Crippen LogP contribution >= 0.6 is 0 Å². The van der Waals surface area contributed by atoms with E-state index >= 15 is 0 Å². The summed E-state index contributed by atoms with van der Waals surface area (Å²) in [7, 11) is 1.56. The number of amides is 2. The molecule has 0 saturated heterocycles. The van der Waals surface area contributed by atoms with Crippen LogP contribution in [0.1, 0.15) is 41.8 Å². The smallest absolute Gasteiger partial charge is 0.331 e. The number of nitrogens with one attached hydrogen (secondary N) is 3. The van der Waals surface area contributed by atoms with E-state index in [0.29, 0.717) is 33.7 Å². The quantitative estimate of drug-likeness (QED) is 0.332. The van der Waals surface area contributed by atoms with E-state index in [1.54, 1.807) is 61.7 Å². The molecule has 1 aliphatic carbocycles. The first-order valence-corrected chi connectivity index (χ1v) is 12.5. The van der Waals surface area contributed by atoms with Gasteiger partial charge in [0.2, 0.25) is 5.91 Å². The predicted molar refractivity (Wildman–Crippen MR) is 141 cm³/mol. The van der Waals surface area contributed by atoms with Crippen molar-refractivity contribution >= 4 is 28.4 Å². The maximum absolute atomic E-state index is 13.6. The molecule has 38 heavy (non-hydrogen) atoms. The summed E-state index contributed by atoms with van der Waals surface area (Å²) >= 11 is 0. The second-order valence-electron chi connectivity index (χ2n) is 9.35. The first-order valence-electron chi connectivity index (χ1n) is 12.5. The lowest BCUT2D eigenvalue weighted by atomic mass is 10.1. The third kappa shape index (κ3) is 5.24. The molecule has 5 rings (SSSR count). The molecule has 3 N–H and O–H groups in total. The Morgan fingerprint density at radius 1 is 1.08 bits per heavy atom. The Kier molecular flexibility index (Phi) is 7.12. The average Bonchev–Trinajstić information content (AvgIpc) is 3.64. The first-order chi connectivity index (χ1) is 18.4. The van der Waals surface area contributed by atoms with Crippen LogP contribution in [0.3, 0.4) is 0 Å². The molecule has 0 atom stereocenters. The number of rotatable bonds is 8. The minimum atomic E-state index is -0.558. The fourth-order valence-electron chi connectivity index (χ4n) is 4.80. The molecule has 0 radical (unpaired) electrons. The number of hydrogen-bond acceptors (Lipinski definition) is 6. The third-order valence-corrected chi connectivity index (χ3v) is 6.80. The number of aromatic nitrogens is 2.